The van der Waals surface area contributed by atoms with Crippen LogP contribution in [0, 0.1) is 11.8 Å². The highest BCUT2D eigenvalue weighted by molar-refractivity contribution is 5.85. The first-order chi connectivity index (χ1) is 7.61. The van der Waals surface area contributed by atoms with E-state index in [1.54, 1.807) is 0 Å². The topological polar surface area (TPSA) is 34.9 Å². The van der Waals surface area contributed by atoms with Crippen molar-refractivity contribution in [1.29, 1.82) is 0 Å². The Morgan fingerprint density at radius 2 is 2.38 bits per heavy atom. The quantitative estimate of drug-likeness (QED) is 0.764. The van der Waals surface area contributed by atoms with Crippen molar-refractivity contribution in [3.05, 3.63) is 18.0 Å². The Morgan fingerprint density at radius 3 is 2.94 bits per heavy atom. The molecule has 3 heteroatoms. The molecule has 1 saturated carbocycles. The summed E-state index contributed by atoms with van der Waals surface area (Å²) in [5, 5.41) is 4.45. The van der Waals surface area contributed by atoms with Gasteiger partial charge in [0.2, 0.25) is 0 Å². The second kappa shape index (κ2) is 4.40. The maximum absolute atomic E-state index is 11.8. The number of nitrogens with zero attached hydrogens (tertiary/aromatic N) is 2. The fourth-order valence-electron chi connectivity index (χ4n) is 1.98. The van der Waals surface area contributed by atoms with E-state index in [0.717, 1.165) is 18.5 Å². The van der Waals surface area contributed by atoms with Crippen molar-refractivity contribution >= 4 is 5.78 Å². The lowest BCUT2D eigenvalue weighted by atomic mass is 10.1. The summed E-state index contributed by atoms with van der Waals surface area (Å²) in [7, 11) is 0. The Bertz CT molecular complexity index is 383. The van der Waals surface area contributed by atoms with E-state index < -0.39 is 0 Å². The van der Waals surface area contributed by atoms with Gasteiger partial charge in [-0.25, -0.2) is 0 Å². The number of Topliss-reactive ketones (excluding diaryl/α,β-unsaturated/α-hetero) is 1. The third kappa shape index (κ3) is 2.34. The van der Waals surface area contributed by atoms with Crippen LogP contribution in [0.1, 0.15) is 45.3 Å². The predicted octanol–water partition coefficient (Wildman–Crippen LogP) is 2.62. The zero-order valence-corrected chi connectivity index (χ0v) is 10.3. The molecular weight excluding hydrogens is 200 g/mol. The van der Waals surface area contributed by atoms with Crippen LogP contribution in [-0.2, 0) is 11.2 Å². The molecule has 0 aromatic carbocycles. The van der Waals surface area contributed by atoms with Gasteiger partial charge in [-0.3, -0.25) is 9.48 Å². The van der Waals surface area contributed by atoms with Crippen molar-refractivity contribution < 1.29 is 4.79 Å². The molecule has 1 fully saturated rings. The van der Waals surface area contributed by atoms with Crippen LogP contribution in [-0.4, -0.2) is 15.6 Å². The third-order valence-electron chi connectivity index (χ3n) is 3.58. The average Bonchev–Trinajstić information content (AvgIpc) is 2.82. The standard InChI is InChI=1S/C13H20N2O/c1-4-10(3)15-6-5-11(14-15)8-13(16)12-7-9(12)2/h5-6,9-10,12H,4,7-8H2,1-3H3. The van der Waals surface area contributed by atoms with Crippen molar-refractivity contribution in [1.82, 2.24) is 9.78 Å². The summed E-state index contributed by atoms with van der Waals surface area (Å²) < 4.78 is 1.96. The van der Waals surface area contributed by atoms with Crippen molar-refractivity contribution in [2.75, 3.05) is 0 Å². The summed E-state index contributed by atoms with van der Waals surface area (Å²) in [5.74, 6) is 1.28. The van der Waals surface area contributed by atoms with Gasteiger partial charge in [0.25, 0.3) is 0 Å². The normalized spacial score (nSPS) is 25.4. The van der Waals surface area contributed by atoms with Crippen molar-refractivity contribution in [2.24, 2.45) is 11.8 Å². The number of rotatable bonds is 5. The van der Waals surface area contributed by atoms with Crippen LogP contribution in [0.25, 0.3) is 0 Å². The highest BCUT2D eigenvalue weighted by atomic mass is 16.1. The lowest BCUT2D eigenvalue weighted by molar-refractivity contribution is -0.119. The molecule has 2 rings (SSSR count). The maximum Gasteiger partial charge on any atom is 0.142 e. The second-order valence-electron chi connectivity index (χ2n) is 5.01. The van der Waals surface area contributed by atoms with Gasteiger partial charge >= 0.3 is 0 Å². The van der Waals surface area contributed by atoms with Crippen LogP contribution in [0.3, 0.4) is 0 Å². The lowest BCUT2D eigenvalue weighted by Gasteiger charge is -2.07. The average molecular weight is 220 g/mol. The van der Waals surface area contributed by atoms with E-state index >= 15 is 0 Å². The Balaban J connectivity index is 1.94. The molecule has 0 N–H and O–H groups in total. The van der Waals surface area contributed by atoms with Crippen LogP contribution < -0.4 is 0 Å². The first-order valence-electron chi connectivity index (χ1n) is 6.18. The molecule has 1 aliphatic rings. The number of aromatic nitrogens is 2. The lowest BCUT2D eigenvalue weighted by Crippen LogP contribution is -2.09. The highest BCUT2D eigenvalue weighted by Gasteiger charge is 2.38. The molecule has 0 aliphatic heterocycles. The first-order valence-corrected chi connectivity index (χ1v) is 6.18. The molecule has 0 saturated heterocycles. The Morgan fingerprint density at radius 1 is 1.69 bits per heavy atom. The molecule has 0 bridgehead atoms. The fourth-order valence-corrected chi connectivity index (χ4v) is 1.98. The van der Waals surface area contributed by atoms with Crippen molar-refractivity contribution in [2.45, 2.75) is 46.1 Å². The molecule has 3 unspecified atom stereocenters. The molecule has 0 radical (unpaired) electrons. The minimum Gasteiger partial charge on any atom is -0.299 e. The van der Waals surface area contributed by atoms with E-state index in [-0.39, 0.29) is 0 Å². The summed E-state index contributed by atoms with van der Waals surface area (Å²) in [6.07, 6.45) is 4.63. The molecule has 88 valence electrons. The fraction of sp³-hybridized carbons (Fsp3) is 0.692. The van der Waals surface area contributed by atoms with Crippen LogP contribution in [0.15, 0.2) is 12.3 Å². The van der Waals surface area contributed by atoms with Crippen LogP contribution in [0.5, 0.6) is 0 Å². The van der Waals surface area contributed by atoms with Gasteiger partial charge in [-0.05, 0) is 31.7 Å². The predicted molar refractivity (Wildman–Crippen MR) is 63.2 cm³/mol. The Labute approximate surface area is 96.8 Å². The molecule has 0 amide bonds. The number of hydrogen-bond acceptors (Lipinski definition) is 2. The molecule has 16 heavy (non-hydrogen) atoms. The van der Waals surface area contributed by atoms with Gasteiger partial charge in [0.15, 0.2) is 0 Å². The Kier molecular flexibility index (Phi) is 3.13. The van der Waals surface area contributed by atoms with Gasteiger partial charge in [-0.2, -0.15) is 5.10 Å². The first kappa shape index (κ1) is 11.4. The smallest absolute Gasteiger partial charge is 0.142 e. The van der Waals surface area contributed by atoms with Crippen LogP contribution >= 0.6 is 0 Å². The largest absolute Gasteiger partial charge is 0.299 e. The van der Waals surface area contributed by atoms with E-state index in [4.69, 9.17) is 0 Å². The second-order valence-corrected chi connectivity index (χ2v) is 5.01. The molecule has 1 heterocycles. The third-order valence-corrected chi connectivity index (χ3v) is 3.58. The number of ketones is 1. The van der Waals surface area contributed by atoms with Gasteiger partial charge < -0.3 is 0 Å². The number of carbonyl (C=O) groups is 1. The van der Waals surface area contributed by atoms with E-state index in [1.165, 1.54) is 0 Å². The summed E-state index contributed by atoms with van der Waals surface area (Å²) >= 11 is 0. The summed E-state index contributed by atoms with van der Waals surface area (Å²) in [6, 6.07) is 2.39. The van der Waals surface area contributed by atoms with Gasteiger partial charge in [-0.1, -0.05) is 13.8 Å². The van der Waals surface area contributed by atoms with Crippen LogP contribution in [0.2, 0.25) is 0 Å². The van der Waals surface area contributed by atoms with E-state index in [1.807, 2.05) is 16.9 Å². The Hall–Kier alpha value is -1.12. The molecule has 1 aromatic rings. The maximum atomic E-state index is 11.8. The zero-order chi connectivity index (χ0) is 11.7. The van der Waals surface area contributed by atoms with Gasteiger partial charge in [-0.15, -0.1) is 0 Å². The van der Waals surface area contributed by atoms with Crippen molar-refractivity contribution in [3.63, 3.8) is 0 Å². The highest BCUT2D eigenvalue weighted by Crippen LogP contribution is 2.38. The van der Waals surface area contributed by atoms with Crippen molar-refractivity contribution in [3.8, 4) is 0 Å². The molecule has 1 aliphatic carbocycles. The van der Waals surface area contributed by atoms with E-state index in [0.29, 0.717) is 30.1 Å². The zero-order valence-electron chi connectivity index (χ0n) is 10.3. The van der Waals surface area contributed by atoms with Gasteiger partial charge in [0.05, 0.1) is 12.1 Å². The molecule has 1 aromatic heterocycles. The SMILES string of the molecule is CCC(C)n1ccc(CC(=O)C2CC2C)n1. The number of hydrogen-bond donors (Lipinski definition) is 0. The molecule has 3 nitrogen and oxygen atoms in total. The summed E-state index contributed by atoms with van der Waals surface area (Å²) in [4.78, 5) is 11.8. The molecule has 0 spiro atoms. The molecule has 3 atom stereocenters. The number of carbonyl (C=O) groups excluding carboxylic acids is 1. The van der Waals surface area contributed by atoms with E-state index in [9.17, 15) is 4.79 Å². The summed E-state index contributed by atoms with van der Waals surface area (Å²) in [5.41, 5.74) is 0.921. The minimum atomic E-state index is 0.314. The monoisotopic (exact) mass is 220 g/mol. The van der Waals surface area contributed by atoms with Crippen LogP contribution in [0.4, 0.5) is 0 Å². The minimum absolute atomic E-state index is 0.314. The molecular formula is C13H20N2O. The van der Waals surface area contributed by atoms with Gasteiger partial charge in [0.1, 0.15) is 5.78 Å². The van der Waals surface area contributed by atoms with Gasteiger partial charge in [0, 0.05) is 18.2 Å². The van der Waals surface area contributed by atoms with E-state index in [2.05, 4.69) is 25.9 Å². The summed E-state index contributed by atoms with van der Waals surface area (Å²) in [6.45, 7) is 6.42.